The minimum Gasteiger partial charge on any atom is -0.335 e. The molecule has 142 valence electrons. The van der Waals surface area contributed by atoms with E-state index in [1.165, 1.54) is 0 Å². The van der Waals surface area contributed by atoms with Gasteiger partial charge in [0.2, 0.25) is 5.78 Å². The van der Waals surface area contributed by atoms with Gasteiger partial charge in [0.1, 0.15) is 0 Å². The van der Waals surface area contributed by atoms with Crippen LogP contribution in [-0.2, 0) is 6.54 Å². The zero-order valence-electron chi connectivity index (χ0n) is 15.7. The second-order valence-corrected chi connectivity index (χ2v) is 6.69. The third kappa shape index (κ3) is 2.67. The number of fused-ring (bicyclic) bond motifs is 2. The predicted molar refractivity (Wildman–Crippen MR) is 111 cm³/mol. The molecule has 0 atom stereocenters. The van der Waals surface area contributed by atoms with Gasteiger partial charge in [0, 0.05) is 18.3 Å². The summed E-state index contributed by atoms with van der Waals surface area (Å²) in [6.07, 6.45) is 1.66. The van der Waals surface area contributed by atoms with Crippen LogP contribution in [0.2, 0.25) is 0 Å². The summed E-state index contributed by atoms with van der Waals surface area (Å²) in [5.74, 6) is 0.0922. The van der Waals surface area contributed by atoms with Gasteiger partial charge in [-0.05, 0) is 55.5 Å². The number of rotatable bonds is 4. The van der Waals surface area contributed by atoms with Gasteiger partial charge < -0.3 is 4.98 Å². The molecule has 0 radical (unpaired) electrons. The standard InChI is InChI=1S/C22H17N5O2/c1-2-26-18-8-5-13-23-21(18)27(22(26)29)15-11-9-14(10-12-15)19(28)20-24-16-6-3-4-7-17(16)25-20/h3-13H,2H2,1H3,(H,24,25). The molecular weight excluding hydrogens is 366 g/mol. The molecule has 29 heavy (non-hydrogen) atoms. The minimum absolute atomic E-state index is 0.155. The molecule has 7 nitrogen and oxygen atoms in total. The molecule has 0 spiro atoms. The van der Waals surface area contributed by atoms with E-state index in [0.717, 1.165) is 16.6 Å². The summed E-state index contributed by atoms with van der Waals surface area (Å²) >= 11 is 0. The molecule has 3 aromatic heterocycles. The number of nitrogens with one attached hydrogen (secondary N) is 1. The van der Waals surface area contributed by atoms with E-state index in [2.05, 4.69) is 15.0 Å². The molecule has 7 heteroatoms. The van der Waals surface area contributed by atoms with E-state index in [-0.39, 0.29) is 11.5 Å². The van der Waals surface area contributed by atoms with Crippen molar-refractivity contribution in [2.24, 2.45) is 0 Å². The van der Waals surface area contributed by atoms with Crippen LogP contribution in [0.4, 0.5) is 0 Å². The smallest absolute Gasteiger partial charge is 0.334 e. The maximum atomic E-state index is 12.9. The first-order valence-corrected chi connectivity index (χ1v) is 9.33. The highest BCUT2D eigenvalue weighted by Gasteiger charge is 2.17. The van der Waals surface area contributed by atoms with E-state index in [1.807, 2.05) is 43.3 Å². The number of imidazole rings is 2. The van der Waals surface area contributed by atoms with Crippen LogP contribution in [0.5, 0.6) is 0 Å². The monoisotopic (exact) mass is 383 g/mol. The fraction of sp³-hybridized carbons (Fsp3) is 0.0909. The topological polar surface area (TPSA) is 85.6 Å². The molecule has 3 heterocycles. The zero-order valence-corrected chi connectivity index (χ0v) is 15.7. The Labute approximate surface area is 165 Å². The molecule has 0 saturated carbocycles. The van der Waals surface area contributed by atoms with Gasteiger partial charge in [0.15, 0.2) is 11.5 Å². The molecule has 5 aromatic rings. The van der Waals surface area contributed by atoms with Crippen LogP contribution >= 0.6 is 0 Å². The minimum atomic E-state index is -0.200. The Balaban J connectivity index is 1.56. The highest BCUT2D eigenvalue weighted by atomic mass is 16.2. The lowest BCUT2D eigenvalue weighted by molar-refractivity contribution is 0.103. The number of pyridine rings is 1. The first-order chi connectivity index (χ1) is 14.2. The van der Waals surface area contributed by atoms with Crippen LogP contribution in [0.15, 0.2) is 71.7 Å². The molecule has 1 N–H and O–H groups in total. The van der Waals surface area contributed by atoms with Gasteiger partial charge in [0.05, 0.1) is 22.2 Å². The second kappa shape index (κ2) is 6.56. The number of para-hydroxylation sites is 2. The molecule has 2 aromatic carbocycles. The van der Waals surface area contributed by atoms with E-state index in [0.29, 0.717) is 29.3 Å². The van der Waals surface area contributed by atoms with Crippen LogP contribution in [0.3, 0.4) is 0 Å². The number of carbonyl (C=O) groups is 1. The zero-order chi connectivity index (χ0) is 20.0. The van der Waals surface area contributed by atoms with E-state index in [1.54, 1.807) is 39.6 Å². The van der Waals surface area contributed by atoms with Crippen LogP contribution in [0.25, 0.3) is 27.9 Å². The number of hydrogen-bond donors (Lipinski definition) is 1. The fourth-order valence-electron chi connectivity index (χ4n) is 3.58. The molecule has 0 unspecified atom stereocenters. The van der Waals surface area contributed by atoms with Gasteiger partial charge in [-0.3, -0.25) is 9.36 Å². The molecule has 0 aliphatic carbocycles. The highest BCUT2D eigenvalue weighted by Crippen LogP contribution is 2.18. The molecule has 0 fully saturated rings. The third-order valence-electron chi connectivity index (χ3n) is 5.00. The van der Waals surface area contributed by atoms with Crippen molar-refractivity contribution in [3.8, 4) is 5.69 Å². The molecule has 0 amide bonds. The quantitative estimate of drug-likeness (QED) is 0.483. The van der Waals surface area contributed by atoms with Gasteiger partial charge in [-0.1, -0.05) is 12.1 Å². The van der Waals surface area contributed by atoms with Crippen molar-refractivity contribution in [2.45, 2.75) is 13.5 Å². The lowest BCUT2D eigenvalue weighted by Crippen LogP contribution is -2.22. The molecule has 0 saturated heterocycles. The summed E-state index contributed by atoms with van der Waals surface area (Å²) in [5.41, 5.74) is 3.94. The van der Waals surface area contributed by atoms with Crippen molar-refractivity contribution in [2.75, 3.05) is 0 Å². The highest BCUT2D eigenvalue weighted by molar-refractivity contribution is 6.08. The predicted octanol–water partition coefficient (Wildman–Crippen LogP) is 3.31. The number of carbonyl (C=O) groups excluding carboxylic acids is 1. The maximum absolute atomic E-state index is 12.9. The number of ketones is 1. The number of nitrogens with zero attached hydrogens (tertiary/aromatic N) is 4. The summed E-state index contributed by atoms with van der Waals surface area (Å²) in [4.78, 5) is 37.5. The Bertz CT molecular complexity index is 1390. The normalized spacial score (nSPS) is 11.3. The van der Waals surface area contributed by atoms with E-state index in [4.69, 9.17) is 0 Å². The third-order valence-corrected chi connectivity index (χ3v) is 5.00. The van der Waals surface area contributed by atoms with Crippen LogP contribution in [-0.4, -0.2) is 29.9 Å². The molecule has 0 aliphatic heterocycles. The Morgan fingerprint density at radius 1 is 1.03 bits per heavy atom. The Hall–Kier alpha value is -4.00. The lowest BCUT2D eigenvalue weighted by Gasteiger charge is -2.04. The maximum Gasteiger partial charge on any atom is 0.334 e. The number of aromatic nitrogens is 5. The lowest BCUT2D eigenvalue weighted by atomic mass is 10.1. The van der Waals surface area contributed by atoms with Crippen molar-refractivity contribution in [3.05, 3.63) is 88.7 Å². The number of benzene rings is 2. The SMILES string of the molecule is CCn1c(=O)n(-c2ccc(C(=O)c3nc4ccccc4[nH]3)cc2)c2ncccc21. The van der Waals surface area contributed by atoms with Crippen LogP contribution in [0, 0.1) is 0 Å². The summed E-state index contributed by atoms with van der Waals surface area (Å²) in [5, 5.41) is 0. The van der Waals surface area contributed by atoms with Crippen molar-refractivity contribution >= 4 is 28.0 Å². The number of aryl methyl sites for hydroxylation is 1. The summed E-state index contributed by atoms with van der Waals surface area (Å²) in [6, 6.07) is 18.1. The van der Waals surface area contributed by atoms with E-state index < -0.39 is 0 Å². The van der Waals surface area contributed by atoms with Crippen LogP contribution < -0.4 is 5.69 Å². The van der Waals surface area contributed by atoms with Gasteiger partial charge >= 0.3 is 5.69 Å². The van der Waals surface area contributed by atoms with E-state index in [9.17, 15) is 9.59 Å². The largest absolute Gasteiger partial charge is 0.335 e. The van der Waals surface area contributed by atoms with Gasteiger partial charge in [-0.2, -0.15) is 0 Å². The molecule has 0 bridgehead atoms. The second-order valence-electron chi connectivity index (χ2n) is 6.69. The van der Waals surface area contributed by atoms with Gasteiger partial charge in [0.25, 0.3) is 0 Å². The Kier molecular flexibility index (Phi) is 3.87. The van der Waals surface area contributed by atoms with Crippen molar-refractivity contribution in [1.82, 2.24) is 24.1 Å². The summed E-state index contributed by atoms with van der Waals surface area (Å²) < 4.78 is 3.24. The average molecular weight is 383 g/mol. The average Bonchev–Trinajstić information content (AvgIpc) is 3.31. The van der Waals surface area contributed by atoms with E-state index >= 15 is 0 Å². The first-order valence-electron chi connectivity index (χ1n) is 9.33. The van der Waals surface area contributed by atoms with Crippen molar-refractivity contribution < 1.29 is 4.79 Å². The first kappa shape index (κ1) is 17.1. The Morgan fingerprint density at radius 2 is 1.83 bits per heavy atom. The number of hydrogen-bond acceptors (Lipinski definition) is 4. The number of aromatic amines is 1. The number of H-pyrrole nitrogens is 1. The molecule has 5 rings (SSSR count). The summed E-state index contributed by atoms with van der Waals surface area (Å²) in [7, 11) is 0. The van der Waals surface area contributed by atoms with Crippen LogP contribution in [0.1, 0.15) is 23.1 Å². The van der Waals surface area contributed by atoms with Crippen molar-refractivity contribution in [3.63, 3.8) is 0 Å². The van der Waals surface area contributed by atoms with Gasteiger partial charge in [-0.25, -0.2) is 19.3 Å². The molecular formula is C22H17N5O2. The fourth-order valence-corrected chi connectivity index (χ4v) is 3.58. The van der Waals surface area contributed by atoms with Gasteiger partial charge in [-0.15, -0.1) is 0 Å². The molecule has 0 aliphatic rings. The summed E-state index contributed by atoms with van der Waals surface area (Å²) in [6.45, 7) is 2.48. The Morgan fingerprint density at radius 3 is 2.59 bits per heavy atom. The van der Waals surface area contributed by atoms with Crippen molar-refractivity contribution in [1.29, 1.82) is 0 Å².